The van der Waals surface area contributed by atoms with Gasteiger partial charge in [-0.05, 0) is 36.4 Å². The Kier molecular flexibility index (Phi) is 6.95. The van der Waals surface area contributed by atoms with Crippen LogP contribution in [-0.2, 0) is 16.2 Å². The summed E-state index contributed by atoms with van der Waals surface area (Å²) in [6, 6.07) is 12.2. The van der Waals surface area contributed by atoms with Gasteiger partial charge in [0, 0.05) is 24.1 Å². The van der Waals surface area contributed by atoms with Gasteiger partial charge >= 0.3 is 0 Å². The summed E-state index contributed by atoms with van der Waals surface area (Å²) in [4.78, 5) is 27.0. The molecule has 0 aliphatic carbocycles. The SMILES string of the molecule is COc1ccc(OC)c(N2CC(C(=O)Nc3nnc(COc4ccc(Cl)cc4)s3)CC2=O)c1. The lowest BCUT2D eigenvalue weighted by Gasteiger charge is -2.20. The van der Waals surface area contributed by atoms with Crippen LogP contribution < -0.4 is 24.4 Å². The van der Waals surface area contributed by atoms with Crippen molar-refractivity contribution in [3.8, 4) is 17.2 Å². The Bertz CT molecular complexity index is 1150. The van der Waals surface area contributed by atoms with Crippen molar-refractivity contribution in [2.75, 3.05) is 31.0 Å². The molecule has 1 atom stereocenters. The molecular weight excluding hydrogens is 468 g/mol. The first-order chi connectivity index (χ1) is 16.0. The average molecular weight is 489 g/mol. The number of aromatic nitrogens is 2. The van der Waals surface area contributed by atoms with Gasteiger partial charge < -0.3 is 24.4 Å². The number of hydrogen-bond donors (Lipinski definition) is 1. The van der Waals surface area contributed by atoms with Gasteiger partial charge in [-0.2, -0.15) is 0 Å². The molecule has 1 N–H and O–H groups in total. The summed E-state index contributed by atoms with van der Waals surface area (Å²) in [5.74, 6) is 0.766. The van der Waals surface area contributed by atoms with Gasteiger partial charge in [0.15, 0.2) is 5.01 Å². The molecule has 2 heterocycles. The molecule has 0 saturated carbocycles. The van der Waals surface area contributed by atoms with E-state index in [4.69, 9.17) is 25.8 Å². The Morgan fingerprint density at radius 1 is 1.15 bits per heavy atom. The number of hydrogen-bond acceptors (Lipinski definition) is 8. The third kappa shape index (κ3) is 5.35. The minimum Gasteiger partial charge on any atom is -0.497 e. The number of carbonyl (C=O) groups excluding carboxylic acids is 2. The summed E-state index contributed by atoms with van der Waals surface area (Å²) < 4.78 is 16.3. The van der Waals surface area contributed by atoms with Crippen molar-refractivity contribution in [3.63, 3.8) is 0 Å². The van der Waals surface area contributed by atoms with E-state index in [0.29, 0.717) is 38.1 Å². The molecule has 2 aromatic carbocycles. The van der Waals surface area contributed by atoms with E-state index in [0.717, 1.165) is 0 Å². The Labute approximate surface area is 199 Å². The van der Waals surface area contributed by atoms with E-state index in [1.54, 1.807) is 49.6 Å². The van der Waals surface area contributed by atoms with Crippen molar-refractivity contribution in [2.24, 2.45) is 5.92 Å². The van der Waals surface area contributed by atoms with Crippen LogP contribution >= 0.6 is 22.9 Å². The van der Waals surface area contributed by atoms with Crippen LogP contribution in [0.2, 0.25) is 5.02 Å². The maximum atomic E-state index is 12.8. The van der Waals surface area contributed by atoms with E-state index in [2.05, 4.69) is 15.5 Å². The first-order valence-electron chi connectivity index (χ1n) is 10.0. The molecule has 172 valence electrons. The fourth-order valence-electron chi connectivity index (χ4n) is 3.37. The van der Waals surface area contributed by atoms with Crippen molar-refractivity contribution in [1.82, 2.24) is 10.2 Å². The summed E-state index contributed by atoms with van der Waals surface area (Å²) in [6.45, 7) is 0.431. The highest BCUT2D eigenvalue weighted by molar-refractivity contribution is 7.15. The fraction of sp³-hybridized carbons (Fsp3) is 0.273. The van der Waals surface area contributed by atoms with Crippen molar-refractivity contribution in [3.05, 3.63) is 52.5 Å². The molecule has 0 radical (unpaired) electrons. The summed E-state index contributed by atoms with van der Waals surface area (Å²) in [5, 5.41) is 12.4. The fourth-order valence-corrected chi connectivity index (χ4v) is 4.15. The number of halogens is 1. The smallest absolute Gasteiger partial charge is 0.231 e. The van der Waals surface area contributed by atoms with Crippen LogP contribution in [0, 0.1) is 5.92 Å². The zero-order chi connectivity index (χ0) is 23.4. The van der Waals surface area contributed by atoms with Gasteiger partial charge in [-0.15, -0.1) is 10.2 Å². The van der Waals surface area contributed by atoms with Crippen LogP contribution in [0.15, 0.2) is 42.5 Å². The first-order valence-corrected chi connectivity index (χ1v) is 11.2. The topological polar surface area (TPSA) is 103 Å². The minimum atomic E-state index is -0.536. The van der Waals surface area contributed by atoms with Gasteiger partial charge in [-0.3, -0.25) is 9.59 Å². The van der Waals surface area contributed by atoms with Crippen LogP contribution in [0.25, 0.3) is 0 Å². The van der Waals surface area contributed by atoms with Crippen molar-refractivity contribution >= 4 is 45.6 Å². The number of amides is 2. The maximum Gasteiger partial charge on any atom is 0.231 e. The second-order valence-electron chi connectivity index (χ2n) is 7.18. The molecule has 1 fully saturated rings. The lowest BCUT2D eigenvalue weighted by atomic mass is 10.1. The van der Waals surface area contributed by atoms with Gasteiger partial charge in [0.05, 0.1) is 25.8 Å². The molecule has 3 aromatic rings. The number of benzene rings is 2. The highest BCUT2D eigenvalue weighted by Crippen LogP contribution is 2.36. The van der Waals surface area contributed by atoms with E-state index in [1.807, 2.05) is 0 Å². The van der Waals surface area contributed by atoms with Crippen LogP contribution in [0.3, 0.4) is 0 Å². The van der Waals surface area contributed by atoms with Crippen LogP contribution in [-0.4, -0.2) is 42.8 Å². The van der Waals surface area contributed by atoms with Crippen LogP contribution in [0.5, 0.6) is 17.2 Å². The maximum absolute atomic E-state index is 12.8. The largest absolute Gasteiger partial charge is 0.497 e. The Balaban J connectivity index is 1.37. The minimum absolute atomic E-state index is 0.0809. The van der Waals surface area contributed by atoms with Crippen LogP contribution in [0.4, 0.5) is 10.8 Å². The molecule has 9 nitrogen and oxygen atoms in total. The lowest BCUT2D eigenvalue weighted by molar-refractivity contribution is -0.122. The summed E-state index contributed by atoms with van der Waals surface area (Å²) in [6.07, 6.45) is 0.0809. The molecular formula is C22H21ClN4O5S. The normalized spacial score (nSPS) is 15.4. The number of ether oxygens (including phenoxy) is 3. The van der Waals surface area contributed by atoms with E-state index in [9.17, 15) is 9.59 Å². The Morgan fingerprint density at radius 2 is 1.91 bits per heavy atom. The standard InChI is InChI=1S/C22H21ClN4O5S/c1-30-16-7-8-18(31-2)17(10-16)27-11-13(9-20(27)28)21(29)24-22-26-25-19(33-22)12-32-15-5-3-14(23)4-6-15/h3-8,10,13H,9,11-12H2,1-2H3,(H,24,26,29). The highest BCUT2D eigenvalue weighted by atomic mass is 35.5. The van der Waals surface area contributed by atoms with Gasteiger partial charge in [-0.1, -0.05) is 22.9 Å². The first kappa shape index (κ1) is 22.8. The van der Waals surface area contributed by atoms with Gasteiger partial charge in [0.1, 0.15) is 23.9 Å². The summed E-state index contributed by atoms with van der Waals surface area (Å²) in [5.41, 5.74) is 0.565. The van der Waals surface area contributed by atoms with Crippen molar-refractivity contribution < 1.29 is 23.8 Å². The molecule has 1 aromatic heterocycles. The Hall–Kier alpha value is -3.37. The van der Waals surface area contributed by atoms with Gasteiger partial charge in [0.2, 0.25) is 16.9 Å². The van der Waals surface area contributed by atoms with E-state index in [1.165, 1.54) is 23.3 Å². The summed E-state index contributed by atoms with van der Waals surface area (Å²) in [7, 11) is 3.07. The second kappa shape index (κ2) is 10.1. The van der Waals surface area contributed by atoms with Crippen LogP contribution in [0.1, 0.15) is 11.4 Å². The third-order valence-corrected chi connectivity index (χ3v) is 6.11. The van der Waals surface area contributed by atoms with E-state index < -0.39 is 5.92 Å². The molecule has 1 saturated heterocycles. The van der Waals surface area contributed by atoms with Gasteiger partial charge in [-0.25, -0.2) is 0 Å². The van der Waals surface area contributed by atoms with Gasteiger partial charge in [0.25, 0.3) is 0 Å². The number of methoxy groups -OCH3 is 2. The highest BCUT2D eigenvalue weighted by Gasteiger charge is 2.36. The van der Waals surface area contributed by atoms with E-state index in [-0.39, 0.29) is 31.4 Å². The second-order valence-corrected chi connectivity index (χ2v) is 8.67. The molecule has 1 aliphatic rings. The molecule has 11 heteroatoms. The average Bonchev–Trinajstić information content (AvgIpc) is 3.44. The zero-order valence-electron chi connectivity index (χ0n) is 17.9. The number of rotatable bonds is 8. The summed E-state index contributed by atoms with van der Waals surface area (Å²) >= 11 is 7.08. The molecule has 0 spiro atoms. The van der Waals surface area contributed by atoms with Crippen molar-refractivity contribution in [1.29, 1.82) is 0 Å². The number of nitrogens with one attached hydrogen (secondary N) is 1. The molecule has 1 unspecified atom stereocenters. The third-order valence-electron chi connectivity index (χ3n) is 5.05. The predicted molar refractivity (Wildman–Crippen MR) is 124 cm³/mol. The molecule has 4 rings (SSSR count). The van der Waals surface area contributed by atoms with E-state index >= 15 is 0 Å². The molecule has 2 amide bonds. The zero-order valence-corrected chi connectivity index (χ0v) is 19.5. The quantitative estimate of drug-likeness (QED) is 0.514. The van der Waals surface area contributed by atoms with Crippen molar-refractivity contribution in [2.45, 2.75) is 13.0 Å². The predicted octanol–water partition coefficient (Wildman–Crippen LogP) is 3.78. The molecule has 0 bridgehead atoms. The monoisotopic (exact) mass is 488 g/mol. The molecule has 33 heavy (non-hydrogen) atoms. The number of nitrogens with zero attached hydrogens (tertiary/aromatic N) is 3. The number of carbonyl (C=O) groups is 2. The molecule has 1 aliphatic heterocycles. The number of anilines is 2. The Morgan fingerprint density at radius 3 is 2.64 bits per heavy atom. The lowest BCUT2D eigenvalue weighted by Crippen LogP contribution is -2.28.